The minimum absolute atomic E-state index is 0.0874. The van der Waals surface area contributed by atoms with Gasteiger partial charge in [0.25, 0.3) is 6.43 Å². The van der Waals surface area contributed by atoms with Crippen LogP contribution in [0.15, 0.2) is 0 Å². The molecule has 7 heteroatoms. The monoisotopic (exact) mass is 221 g/mol. The highest BCUT2D eigenvalue weighted by molar-refractivity contribution is 7.89. The fraction of sp³-hybridized carbons (Fsp3) is 1.00. The van der Waals surface area contributed by atoms with Gasteiger partial charge in [-0.1, -0.05) is 0 Å². The van der Waals surface area contributed by atoms with Crippen LogP contribution in [0, 0.1) is 0 Å². The Labute approximate surface area is 75.4 Å². The summed E-state index contributed by atoms with van der Waals surface area (Å²) in [5.74, 6) is -0.395. The van der Waals surface area contributed by atoms with Gasteiger partial charge in [-0.2, -0.15) is 4.31 Å². The van der Waals surface area contributed by atoms with Gasteiger partial charge in [-0.05, 0) is 0 Å². The fourth-order valence-electron chi connectivity index (χ4n) is 0.561. The van der Waals surface area contributed by atoms with Crippen LogP contribution >= 0.6 is 11.6 Å². The van der Waals surface area contributed by atoms with Crippen molar-refractivity contribution in [2.24, 2.45) is 0 Å². The van der Waals surface area contributed by atoms with E-state index in [0.717, 1.165) is 7.05 Å². The average molecular weight is 222 g/mol. The molecule has 0 saturated heterocycles. The minimum atomic E-state index is -3.58. The standard InChI is InChI=1S/C5H10ClF2NO2S/c1-9(4-5(7)8)12(10,11)3-2-6/h5H,2-4H2,1H3. The first-order chi connectivity index (χ1) is 5.40. The highest BCUT2D eigenvalue weighted by atomic mass is 35.5. The molecule has 0 aromatic carbocycles. The van der Waals surface area contributed by atoms with Crippen molar-refractivity contribution in [3.05, 3.63) is 0 Å². The van der Waals surface area contributed by atoms with Crippen molar-refractivity contribution in [3.8, 4) is 0 Å². The Morgan fingerprint density at radius 2 is 2.00 bits per heavy atom. The second-order valence-electron chi connectivity index (χ2n) is 2.18. The van der Waals surface area contributed by atoms with E-state index in [1.165, 1.54) is 0 Å². The van der Waals surface area contributed by atoms with Crippen LogP contribution in [0.1, 0.15) is 0 Å². The summed E-state index contributed by atoms with van der Waals surface area (Å²) in [7, 11) is -2.48. The molecule has 0 aromatic rings. The number of rotatable bonds is 5. The van der Waals surface area contributed by atoms with Gasteiger partial charge in [0.1, 0.15) is 0 Å². The Hall–Kier alpha value is 0.0600. The molecule has 0 aromatic heterocycles. The van der Waals surface area contributed by atoms with Crippen LogP contribution in [0.3, 0.4) is 0 Å². The molecule has 0 fully saturated rings. The normalized spacial score (nSPS) is 12.8. The van der Waals surface area contributed by atoms with Gasteiger partial charge in [0.05, 0.1) is 12.3 Å². The molecule has 0 unspecified atom stereocenters. The van der Waals surface area contributed by atoms with E-state index in [9.17, 15) is 17.2 Å². The van der Waals surface area contributed by atoms with E-state index in [0.29, 0.717) is 4.31 Å². The molecule has 0 amide bonds. The van der Waals surface area contributed by atoms with Gasteiger partial charge in [-0.25, -0.2) is 17.2 Å². The Morgan fingerprint density at radius 1 is 1.50 bits per heavy atom. The maximum absolute atomic E-state index is 11.7. The quantitative estimate of drug-likeness (QED) is 0.643. The van der Waals surface area contributed by atoms with Crippen molar-refractivity contribution >= 4 is 21.6 Å². The molecular formula is C5H10ClF2NO2S. The highest BCUT2D eigenvalue weighted by Crippen LogP contribution is 2.03. The summed E-state index contributed by atoms with van der Waals surface area (Å²) in [5, 5.41) is 0. The van der Waals surface area contributed by atoms with Gasteiger partial charge < -0.3 is 0 Å². The lowest BCUT2D eigenvalue weighted by molar-refractivity contribution is 0.126. The van der Waals surface area contributed by atoms with Crippen molar-refractivity contribution in [1.29, 1.82) is 0 Å². The summed E-state index contributed by atoms with van der Waals surface area (Å²) in [6.45, 7) is -0.779. The van der Waals surface area contributed by atoms with Crippen molar-refractivity contribution in [1.82, 2.24) is 4.31 Å². The zero-order chi connectivity index (χ0) is 9.78. The van der Waals surface area contributed by atoms with Crippen LogP contribution in [0.5, 0.6) is 0 Å². The lowest BCUT2D eigenvalue weighted by atomic mass is 10.7. The number of halogens is 3. The first kappa shape index (κ1) is 12.1. The van der Waals surface area contributed by atoms with E-state index in [1.54, 1.807) is 0 Å². The van der Waals surface area contributed by atoms with E-state index < -0.39 is 23.0 Å². The van der Waals surface area contributed by atoms with Gasteiger partial charge >= 0.3 is 0 Å². The van der Waals surface area contributed by atoms with Crippen molar-refractivity contribution < 1.29 is 17.2 Å². The number of alkyl halides is 3. The number of hydrogen-bond donors (Lipinski definition) is 0. The minimum Gasteiger partial charge on any atom is -0.212 e. The molecule has 0 rings (SSSR count). The van der Waals surface area contributed by atoms with E-state index in [2.05, 4.69) is 0 Å². The molecule has 0 bridgehead atoms. The molecule has 74 valence electrons. The second kappa shape index (κ2) is 4.94. The van der Waals surface area contributed by atoms with Crippen LogP contribution in [-0.4, -0.2) is 44.4 Å². The summed E-state index contributed by atoms with van der Waals surface area (Å²) >= 11 is 5.17. The molecule has 3 nitrogen and oxygen atoms in total. The van der Waals surface area contributed by atoms with Gasteiger partial charge in [-0.15, -0.1) is 11.6 Å². The van der Waals surface area contributed by atoms with Crippen LogP contribution in [0.25, 0.3) is 0 Å². The molecule has 0 radical (unpaired) electrons. The van der Waals surface area contributed by atoms with Crippen molar-refractivity contribution in [3.63, 3.8) is 0 Å². The van der Waals surface area contributed by atoms with Crippen LogP contribution in [0.2, 0.25) is 0 Å². The molecule has 0 saturated carbocycles. The second-order valence-corrected chi connectivity index (χ2v) is 4.75. The summed E-state index contributed by atoms with van der Waals surface area (Å²) in [6, 6.07) is 0. The molecule has 0 spiro atoms. The Morgan fingerprint density at radius 3 is 2.33 bits per heavy atom. The molecule has 0 atom stereocenters. The molecule has 12 heavy (non-hydrogen) atoms. The molecule has 0 heterocycles. The van der Waals surface area contributed by atoms with Gasteiger partial charge in [-0.3, -0.25) is 0 Å². The topological polar surface area (TPSA) is 37.4 Å². The Bertz CT molecular complexity index is 219. The van der Waals surface area contributed by atoms with E-state index in [4.69, 9.17) is 11.6 Å². The number of sulfonamides is 1. The maximum atomic E-state index is 11.7. The zero-order valence-corrected chi connectivity index (χ0v) is 8.08. The SMILES string of the molecule is CN(CC(F)F)S(=O)(=O)CCCl. The third-order valence-electron chi connectivity index (χ3n) is 1.21. The summed E-state index contributed by atoms with van der Waals surface area (Å²) in [5.41, 5.74) is 0. The van der Waals surface area contributed by atoms with Gasteiger partial charge in [0, 0.05) is 12.9 Å². The number of hydrogen-bond acceptors (Lipinski definition) is 2. The van der Waals surface area contributed by atoms with Crippen molar-refractivity contribution in [2.75, 3.05) is 25.2 Å². The molecule has 0 aliphatic heterocycles. The lowest BCUT2D eigenvalue weighted by Gasteiger charge is -2.15. The van der Waals surface area contributed by atoms with Gasteiger partial charge in [0.2, 0.25) is 10.0 Å². The smallest absolute Gasteiger partial charge is 0.212 e. The van der Waals surface area contributed by atoms with Crippen LogP contribution in [-0.2, 0) is 10.0 Å². The first-order valence-corrected chi connectivity index (χ1v) is 5.32. The summed E-state index contributed by atoms with van der Waals surface area (Å²) in [4.78, 5) is 0. The van der Waals surface area contributed by atoms with E-state index in [1.807, 2.05) is 0 Å². The van der Waals surface area contributed by atoms with E-state index >= 15 is 0 Å². The predicted octanol–water partition coefficient (Wildman–Crippen LogP) is 0.752. The molecular weight excluding hydrogens is 212 g/mol. The van der Waals surface area contributed by atoms with Crippen LogP contribution < -0.4 is 0 Å². The Balaban J connectivity index is 4.16. The third kappa shape index (κ3) is 4.18. The Kier molecular flexibility index (Phi) is 4.96. The highest BCUT2D eigenvalue weighted by Gasteiger charge is 2.20. The molecule has 0 aliphatic carbocycles. The van der Waals surface area contributed by atoms with E-state index in [-0.39, 0.29) is 11.6 Å². The van der Waals surface area contributed by atoms with Gasteiger partial charge in [0.15, 0.2) is 0 Å². The summed E-state index contributed by atoms with van der Waals surface area (Å²) < 4.78 is 46.0. The predicted molar refractivity (Wildman–Crippen MR) is 43.1 cm³/mol. The molecule has 0 aliphatic rings. The maximum Gasteiger partial charge on any atom is 0.252 e. The third-order valence-corrected chi connectivity index (χ3v) is 3.44. The zero-order valence-electron chi connectivity index (χ0n) is 6.50. The average Bonchev–Trinajstić information content (AvgIpc) is 1.85. The van der Waals surface area contributed by atoms with Crippen molar-refractivity contribution in [2.45, 2.75) is 6.43 Å². The van der Waals surface area contributed by atoms with Crippen LogP contribution in [0.4, 0.5) is 8.78 Å². The largest absolute Gasteiger partial charge is 0.252 e. The lowest BCUT2D eigenvalue weighted by Crippen LogP contribution is -2.33. The first-order valence-electron chi connectivity index (χ1n) is 3.18. The fourth-order valence-corrected chi connectivity index (χ4v) is 1.99. The summed E-state index contributed by atoms with van der Waals surface area (Å²) in [6.07, 6.45) is -2.65. The number of nitrogens with zero attached hydrogens (tertiary/aromatic N) is 1. The molecule has 0 N–H and O–H groups in total.